The second-order valence-electron chi connectivity index (χ2n) is 8.81. The third-order valence-electron chi connectivity index (χ3n) is 6.35. The van der Waals surface area contributed by atoms with Gasteiger partial charge in [0, 0.05) is 37.0 Å². The Labute approximate surface area is 191 Å². The molecule has 1 aromatic rings. The van der Waals surface area contributed by atoms with E-state index in [9.17, 15) is 9.18 Å². The molecule has 3 aliphatic heterocycles. The third kappa shape index (κ3) is 4.79. The molecule has 174 valence electrons. The molecule has 0 saturated carbocycles. The zero-order valence-corrected chi connectivity index (χ0v) is 19.0. The van der Waals surface area contributed by atoms with E-state index in [1.54, 1.807) is 16.0 Å². The number of hydrazine groups is 1. The zero-order chi connectivity index (χ0) is 22.9. The maximum absolute atomic E-state index is 13.5. The molecule has 0 bridgehead atoms. The lowest BCUT2D eigenvalue weighted by atomic mass is 9.92. The number of amides is 2. The Morgan fingerprint density at radius 2 is 2.12 bits per heavy atom. The molecule has 3 aliphatic rings. The van der Waals surface area contributed by atoms with Crippen molar-refractivity contribution in [3.8, 4) is 0 Å². The van der Waals surface area contributed by atoms with Gasteiger partial charge < -0.3 is 15.0 Å². The molecular formula is C21H29ClFN7O2. The van der Waals surface area contributed by atoms with E-state index in [1.807, 2.05) is 20.0 Å². The molecule has 9 nitrogen and oxygen atoms in total. The van der Waals surface area contributed by atoms with Crippen LogP contribution in [0.5, 0.6) is 0 Å². The molecule has 2 amide bonds. The molecule has 0 aliphatic carbocycles. The Balaban J connectivity index is 1.39. The number of hydrogen-bond acceptors (Lipinski definition) is 7. The van der Waals surface area contributed by atoms with Crippen LogP contribution in [0.3, 0.4) is 0 Å². The number of rotatable bonds is 4. The lowest BCUT2D eigenvalue weighted by Gasteiger charge is -2.40. The average molecular weight is 466 g/mol. The fourth-order valence-electron chi connectivity index (χ4n) is 4.54. The molecule has 32 heavy (non-hydrogen) atoms. The van der Waals surface area contributed by atoms with Crippen LogP contribution < -0.4 is 16.5 Å². The number of nitrogens with zero attached hydrogens (tertiary/aromatic N) is 4. The minimum atomic E-state index is -0.550. The number of benzene rings is 1. The quantitative estimate of drug-likeness (QED) is 0.358. The maximum Gasteiger partial charge on any atom is 0.362 e. The van der Waals surface area contributed by atoms with E-state index in [0.717, 1.165) is 18.4 Å². The van der Waals surface area contributed by atoms with Crippen LogP contribution in [0.15, 0.2) is 40.2 Å². The number of urea groups is 1. The Bertz CT molecular complexity index is 899. The second kappa shape index (κ2) is 9.40. The molecule has 11 heteroatoms. The molecule has 2 atom stereocenters. The molecule has 2 fully saturated rings. The normalized spacial score (nSPS) is 25.7. The summed E-state index contributed by atoms with van der Waals surface area (Å²) in [4.78, 5) is 14.5. The number of halogens is 2. The lowest BCUT2D eigenvalue weighted by molar-refractivity contribution is 0.000476. The number of fused-ring (bicyclic) bond motifs is 1. The first-order chi connectivity index (χ1) is 15.3. The van der Waals surface area contributed by atoms with E-state index >= 15 is 0 Å². The molecule has 0 radical (unpaired) electrons. The van der Waals surface area contributed by atoms with Crippen LogP contribution in [-0.4, -0.2) is 59.6 Å². The molecule has 2 saturated heterocycles. The summed E-state index contributed by atoms with van der Waals surface area (Å²) in [5.41, 5.74) is 1.05. The number of carbonyl (C=O) groups excluding carboxylic acids is 1. The number of nitrogens with one attached hydrogen (secondary N) is 2. The molecule has 4 N–H and O–H groups in total. The summed E-state index contributed by atoms with van der Waals surface area (Å²) >= 11 is 5.86. The van der Waals surface area contributed by atoms with Crippen LogP contribution in [0.2, 0.25) is 5.02 Å². The molecule has 0 spiro atoms. The van der Waals surface area contributed by atoms with Crippen molar-refractivity contribution in [2.75, 3.05) is 19.8 Å². The van der Waals surface area contributed by atoms with Crippen LogP contribution in [0.1, 0.15) is 32.3 Å². The van der Waals surface area contributed by atoms with Gasteiger partial charge in [-0.3, -0.25) is 11.2 Å². The minimum absolute atomic E-state index is 0.0525. The maximum atomic E-state index is 13.5. The summed E-state index contributed by atoms with van der Waals surface area (Å²) in [6.07, 6.45) is 3.47. The highest BCUT2D eigenvalue weighted by atomic mass is 35.5. The van der Waals surface area contributed by atoms with Gasteiger partial charge in [0.1, 0.15) is 12.1 Å². The van der Waals surface area contributed by atoms with E-state index < -0.39 is 17.4 Å². The van der Waals surface area contributed by atoms with E-state index in [2.05, 4.69) is 20.9 Å². The smallest absolute Gasteiger partial charge is 0.362 e. The highest BCUT2D eigenvalue weighted by Crippen LogP contribution is 2.36. The van der Waals surface area contributed by atoms with E-state index in [4.69, 9.17) is 22.2 Å². The number of carbonyl (C=O) groups is 1. The molecule has 3 heterocycles. The van der Waals surface area contributed by atoms with Crippen molar-refractivity contribution in [3.63, 3.8) is 0 Å². The fraction of sp³-hybridized carbons (Fsp3) is 0.571. The van der Waals surface area contributed by atoms with E-state index in [-0.39, 0.29) is 29.9 Å². The third-order valence-corrected chi connectivity index (χ3v) is 6.57. The van der Waals surface area contributed by atoms with Gasteiger partial charge in [0.05, 0.1) is 18.1 Å². The summed E-state index contributed by atoms with van der Waals surface area (Å²) in [6, 6.07) is 3.86. The van der Waals surface area contributed by atoms with E-state index in [1.165, 1.54) is 12.1 Å². The van der Waals surface area contributed by atoms with Gasteiger partial charge in [-0.2, -0.15) is 5.11 Å². The van der Waals surface area contributed by atoms with Crippen molar-refractivity contribution < 1.29 is 13.9 Å². The van der Waals surface area contributed by atoms with Gasteiger partial charge in [-0.25, -0.2) is 14.2 Å². The fourth-order valence-corrected chi connectivity index (χ4v) is 4.78. The molecule has 0 aromatic heterocycles. The summed E-state index contributed by atoms with van der Waals surface area (Å²) in [7, 11) is 0. The Kier molecular flexibility index (Phi) is 6.78. The minimum Gasteiger partial charge on any atom is -0.381 e. The first-order valence-corrected chi connectivity index (χ1v) is 11.1. The van der Waals surface area contributed by atoms with Crippen LogP contribution in [0, 0.1) is 5.82 Å². The van der Waals surface area contributed by atoms with Gasteiger partial charge in [-0.15, -0.1) is 0 Å². The van der Waals surface area contributed by atoms with Crippen LogP contribution in [0.25, 0.3) is 0 Å². The van der Waals surface area contributed by atoms with Crippen molar-refractivity contribution >= 4 is 17.6 Å². The van der Waals surface area contributed by atoms with Gasteiger partial charge in [0.15, 0.2) is 0 Å². The van der Waals surface area contributed by atoms with Crippen LogP contribution >= 0.6 is 11.6 Å². The largest absolute Gasteiger partial charge is 0.381 e. The van der Waals surface area contributed by atoms with E-state index in [0.29, 0.717) is 25.3 Å². The average Bonchev–Trinajstić information content (AvgIpc) is 3.03. The molecular weight excluding hydrogens is 437 g/mol. The molecule has 2 unspecified atom stereocenters. The van der Waals surface area contributed by atoms with Crippen molar-refractivity contribution in [2.24, 2.45) is 16.1 Å². The predicted octanol–water partition coefficient (Wildman–Crippen LogP) is 2.73. The zero-order valence-electron chi connectivity index (χ0n) is 18.2. The Morgan fingerprint density at radius 3 is 2.84 bits per heavy atom. The standard InChI is InChI=1S/C21H29ClFN7O2/c1-21(2)17-11-25-19(30(24)16-3-5-32-6-4-16)27-18(17)12-29(21)20(31)28-26-10-13-7-14(22)9-15(23)8-13/h7-9,11,16,18-19,25,27H,3-6,10,12,24H2,1-2H3. The number of hydrogen-bond donors (Lipinski definition) is 3. The van der Waals surface area contributed by atoms with Gasteiger partial charge in [0.2, 0.25) is 0 Å². The predicted molar refractivity (Wildman–Crippen MR) is 118 cm³/mol. The van der Waals surface area contributed by atoms with Crippen molar-refractivity contribution in [1.29, 1.82) is 0 Å². The first kappa shape index (κ1) is 23.1. The summed E-state index contributed by atoms with van der Waals surface area (Å²) in [5, 5.41) is 16.7. The van der Waals surface area contributed by atoms with Crippen molar-refractivity contribution in [2.45, 2.75) is 57.1 Å². The molecule has 4 rings (SSSR count). The lowest BCUT2D eigenvalue weighted by Crippen LogP contribution is -2.65. The van der Waals surface area contributed by atoms with Gasteiger partial charge in [-0.05, 0) is 56.0 Å². The second-order valence-corrected chi connectivity index (χ2v) is 9.24. The SMILES string of the molecule is CC1(C)C2=CNC(N(N)C3CCOCC3)NC2CN1C(=O)N=NCc1cc(F)cc(Cl)c1. The first-order valence-electron chi connectivity index (χ1n) is 10.7. The number of likely N-dealkylation sites (tertiary alicyclic amines) is 1. The monoisotopic (exact) mass is 465 g/mol. The van der Waals surface area contributed by atoms with Crippen LogP contribution in [0.4, 0.5) is 9.18 Å². The Morgan fingerprint density at radius 1 is 1.38 bits per heavy atom. The topological polar surface area (TPSA) is 108 Å². The summed E-state index contributed by atoms with van der Waals surface area (Å²) in [5.74, 6) is 5.93. The number of nitrogens with two attached hydrogens (primary N) is 1. The highest BCUT2D eigenvalue weighted by Gasteiger charge is 2.48. The summed E-state index contributed by atoms with van der Waals surface area (Å²) in [6.45, 7) is 5.87. The van der Waals surface area contributed by atoms with Crippen LogP contribution in [-0.2, 0) is 11.3 Å². The van der Waals surface area contributed by atoms with Gasteiger partial charge in [0.25, 0.3) is 0 Å². The van der Waals surface area contributed by atoms with Crippen molar-refractivity contribution in [3.05, 3.63) is 46.4 Å². The number of ether oxygens (including phenoxy) is 1. The van der Waals surface area contributed by atoms with Crippen molar-refractivity contribution in [1.82, 2.24) is 20.5 Å². The summed E-state index contributed by atoms with van der Waals surface area (Å²) < 4.78 is 18.9. The highest BCUT2D eigenvalue weighted by molar-refractivity contribution is 6.30. The van der Waals surface area contributed by atoms with Gasteiger partial charge >= 0.3 is 6.03 Å². The van der Waals surface area contributed by atoms with Gasteiger partial charge in [-0.1, -0.05) is 16.7 Å². The Hall–Kier alpha value is -2.11. The molecule has 1 aromatic carbocycles. The number of azo groups is 1.